The van der Waals surface area contributed by atoms with Crippen LogP contribution in [-0.2, 0) is 0 Å². The largest absolute Gasteiger partial charge is 0.433 e. The zero-order valence-corrected chi connectivity index (χ0v) is 12.7. The lowest BCUT2D eigenvalue weighted by atomic mass is 10.2. The molecule has 0 radical (unpaired) electrons. The van der Waals surface area contributed by atoms with Gasteiger partial charge in [0, 0.05) is 17.4 Å². The van der Waals surface area contributed by atoms with Crippen LogP contribution in [0.5, 0.6) is 5.75 Å². The minimum absolute atomic E-state index is 0.0241. The average Bonchev–Trinajstić information content (AvgIpc) is 2.41. The molecule has 1 heterocycles. The van der Waals surface area contributed by atoms with Crippen LogP contribution in [0.4, 0.5) is 14.5 Å². The van der Waals surface area contributed by atoms with E-state index in [2.05, 4.69) is 31.0 Å². The van der Waals surface area contributed by atoms with Crippen LogP contribution in [0.15, 0.2) is 41.1 Å². The highest BCUT2D eigenvalue weighted by Gasteiger charge is 2.11. The van der Waals surface area contributed by atoms with Gasteiger partial charge in [-0.25, -0.2) is 4.98 Å². The van der Waals surface area contributed by atoms with Crippen molar-refractivity contribution in [1.82, 2.24) is 4.98 Å². The van der Waals surface area contributed by atoms with Crippen LogP contribution in [0.25, 0.3) is 0 Å². The fourth-order valence-corrected chi connectivity index (χ4v) is 2.11. The average molecular weight is 378 g/mol. The Bertz CT molecular complexity index is 670. The van der Waals surface area contributed by atoms with Crippen LogP contribution in [0, 0.1) is 0 Å². The number of ether oxygens (including phenoxy) is 1. The Hall–Kier alpha value is -1.73. The summed E-state index contributed by atoms with van der Waals surface area (Å²) in [5.74, 6) is -0.534. The molecule has 0 bridgehead atoms. The third-order valence-electron chi connectivity index (χ3n) is 2.39. The van der Waals surface area contributed by atoms with E-state index in [0.29, 0.717) is 15.9 Å². The second-order valence-electron chi connectivity index (χ2n) is 3.85. The van der Waals surface area contributed by atoms with Crippen molar-refractivity contribution in [3.8, 4) is 5.75 Å². The maximum Gasteiger partial charge on any atom is 0.387 e. The van der Waals surface area contributed by atoms with Crippen LogP contribution in [0.3, 0.4) is 0 Å². The second-order valence-corrected chi connectivity index (χ2v) is 5.06. The van der Waals surface area contributed by atoms with E-state index >= 15 is 0 Å². The van der Waals surface area contributed by atoms with Crippen molar-refractivity contribution in [3.63, 3.8) is 0 Å². The maximum atomic E-state index is 12.1. The van der Waals surface area contributed by atoms with Crippen molar-refractivity contribution in [2.45, 2.75) is 6.61 Å². The van der Waals surface area contributed by atoms with E-state index in [1.165, 1.54) is 30.5 Å². The minimum Gasteiger partial charge on any atom is -0.433 e. The van der Waals surface area contributed by atoms with Crippen LogP contribution in [0.2, 0.25) is 5.02 Å². The number of halogens is 4. The predicted octanol–water partition coefficient (Wildman–Crippen LogP) is 4.35. The highest BCUT2D eigenvalue weighted by molar-refractivity contribution is 9.10. The molecule has 0 spiro atoms. The zero-order chi connectivity index (χ0) is 15.4. The highest BCUT2D eigenvalue weighted by atomic mass is 79.9. The van der Waals surface area contributed by atoms with E-state index in [9.17, 15) is 13.6 Å². The summed E-state index contributed by atoms with van der Waals surface area (Å²) in [7, 11) is 0. The minimum atomic E-state index is -2.96. The summed E-state index contributed by atoms with van der Waals surface area (Å²) in [5.41, 5.74) is 0.750. The number of pyridine rings is 1. The first-order valence-corrected chi connectivity index (χ1v) is 6.80. The van der Waals surface area contributed by atoms with E-state index in [1.807, 2.05) is 0 Å². The molecular formula is C13H8BrClF2N2O2. The summed E-state index contributed by atoms with van der Waals surface area (Å²) < 4.78 is 29.0. The molecule has 8 heteroatoms. The van der Waals surface area contributed by atoms with Gasteiger partial charge in [0.2, 0.25) is 0 Å². The number of nitrogens with one attached hydrogen (secondary N) is 1. The number of amides is 1. The topological polar surface area (TPSA) is 51.2 Å². The number of alkyl halides is 2. The number of hydrogen-bond acceptors (Lipinski definition) is 3. The molecule has 1 aromatic carbocycles. The zero-order valence-electron chi connectivity index (χ0n) is 10.3. The molecule has 0 fully saturated rings. The van der Waals surface area contributed by atoms with Gasteiger partial charge >= 0.3 is 6.61 Å². The smallest absolute Gasteiger partial charge is 0.387 e. The molecule has 21 heavy (non-hydrogen) atoms. The third kappa shape index (κ3) is 4.37. The monoisotopic (exact) mass is 376 g/mol. The molecule has 0 aliphatic carbocycles. The normalized spacial score (nSPS) is 10.5. The Morgan fingerprint density at radius 1 is 1.33 bits per heavy atom. The predicted molar refractivity (Wildman–Crippen MR) is 78.0 cm³/mol. The van der Waals surface area contributed by atoms with Gasteiger partial charge in [0.1, 0.15) is 10.4 Å². The molecule has 0 atom stereocenters. The maximum absolute atomic E-state index is 12.1. The number of aromatic nitrogens is 1. The van der Waals surface area contributed by atoms with Gasteiger partial charge < -0.3 is 10.1 Å². The second kappa shape index (κ2) is 6.82. The fourth-order valence-electron chi connectivity index (χ4n) is 1.52. The van der Waals surface area contributed by atoms with E-state index in [0.717, 1.165) is 0 Å². The van der Waals surface area contributed by atoms with E-state index in [-0.39, 0.29) is 16.7 Å². The van der Waals surface area contributed by atoms with Gasteiger partial charge in [-0.2, -0.15) is 8.78 Å². The molecule has 0 saturated carbocycles. The molecule has 0 aliphatic heterocycles. The molecule has 110 valence electrons. The molecule has 2 rings (SSSR count). The highest BCUT2D eigenvalue weighted by Crippen LogP contribution is 2.29. The standard InChI is InChI=1S/C13H8BrClF2N2O2/c14-11-5-7(3-4-18-11)12(20)19-8-1-2-10(9(15)6-8)21-13(16)17/h1-6,13H,(H,19,20). The molecule has 1 amide bonds. The fraction of sp³-hybridized carbons (Fsp3) is 0.0769. The first-order valence-electron chi connectivity index (χ1n) is 5.63. The Morgan fingerprint density at radius 3 is 2.71 bits per heavy atom. The van der Waals surface area contributed by atoms with E-state index in [1.54, 1.807) is 6.07 Å². The molecule has 0 aliphatic rings. The Balaban J connectivity index is 2.13. The van der Waals surface area contributed by atoms with Crippen molar-refractivity contribution < 1.29 is 18.3 Å². The first kappa shape index (κ1) is 15.7. The molecule has 0 unspecified atom stereocenters. The first-order chi connectivity index (χ1) is 9.95. The van der Waals surface area contributed by atoms with Crippen LogP contribution in [-0.4, -0.2) is 17.5 Å². The Labute approximate surface area is 132 Å². The van der Waals surface area contributed by atoms with Crippen LogP contribution in [0.1, 0.15) is 10.4 Å². The van der Waals surface area contributed by atoms with E-state index in [4.69, 9.17) is 11.6 Å². The van der Waals surface area contributed by atoms with Crippen LogP contribution >= 0.6 is 27.5 Å². The number of nitrogens with zero attached hydrogens (tertiary/aromatic N) is 1. The van der Waals surface area contributed by atoms with Gasteiger partial charge in [0.25, 0.3) is 5.91 Å². The third-order valence-corrected chi connectivity index (χ3v) is 3.12. The van der Waals surface area contributed by atoms with Gasteiger partial charge in [0.15, 0.2) is 0 Å². The number of benzene rings is 1. The number of carbonyl (C=O) groups is 1. The Morgan fingerprint density at radius 2 is 2.10 bits per heavy atom. The van der Waals surface area contributed by atoms with Crippen molar-refractivity contribution in [2.75, 3.05) is 5.32 Å². The summed E-state index contributed by atoms with van der Waals surface area (Å²) >= 11 is 8.96. The molecular weight excluding hydrogens is 370 g/mol. The lowest BCUT2D eigenvalue weighted by Crippen LogP contribution is -2.12. The SMILES string of the molecule is O=C(Nc1ccc(OC(F)F)c(Cl)c1)c1ccnc(Br)c1. The molecule has 4 nitrogen and oxygen atoms in total. The Kier molecular flexibility index (Phi) is 5.08. The lowest BCUT2D eigenvalue weighted by molar-refractivity contribution is -0.0497. The quantitative estimate of drug-likeness (QED) is 0.806. The van der Waals surface area contributed by atoms with Crippen molar-refractivity contribution in [1.29, 1.82) is 0 Å². The van der Waals surface area contributed by atoms with Gasteiger partial charge in [-0.15, -0.1) is 0 Å². The van der Waals surface area contributed by atoms with Crippen molar-refractivity contribution in [2.24, 2.45) is 0 Å². The lowest BCUT2D eigenvalue weighted by Gasteiger charge is -2.09. The number of rotatable bonds is 4. The summed E-state index contributed by atoms with van der Waals surface area (Å²) in [4.78, 5) is 15.9. The van der Waals surface area contributed by atoms with Crippen molar-refractivity contribution >= 4 is 39.1 Å². The number of anilines is 1. The molecule has 1 aromatic heterocycles. The molecule has 2 aromatic rings. The summed E-state index contributed by atoms with van der Waals surface area (Å²) in [6.45, 7) is -2.96. The van der Waals surface area contributed by atoms with E-state index < -0.39 is 6.61 Å². The molecule has 0 saturated heterocycles. The summed E-state index contributed by atoms with van der Waals surface area (Å²) in [6.07, 6.45) is 1.48. The van der Waals surface area contributed by atoms with Gasteiger partial charge in [-0.1, -0.05) is 11.6 Å². The molecule has 1 N–H and O–H groups in total. The van der Waals surface area contributed by atoms with Crippen LogP contribution < -0.4 is 10.1 Å². The van der Waals surface area contributed by atoms with Gasteiger partial charge in [-0.3, -0.25) is 4.79 Å². The summed E-state index contributed by atoms with van der Waals surface area (Å²) in [6, 6.07) is 7.08. The van der Waals surface area contributed by atoms with Gasteiger partial charge in [-0.05, 0) is 46.3 Å². The summed E-state index contributed by atoms with van der Waals surface area (Å²) in [5, 5.41) is 2.57. The number of carbonyl (C=O) groups excluding carboxylic acids is 1. The number of hydrogen-bond donors (Lipinski definition) is 1. The van der Waals surface area contributed by atoms with Gasteiger partial charge in [0.05, 0.1) is 5.02 Å². The van der Waals surface area contributed by atoms with Crippen molar-refractivity contribution in [3.05, 3.63) is 51.7 Å².